The van der Waals surface area contributed by atoms with Gasteiger partial charge in [0.2, 0.25) is 0 Å². The van der Waals surface area contributed by atoms with Crippen molar-refractivity contribution < 1.29 is 9.84 Å². The molecule has 1 aromatic rings. The van der Waals surface area contributed by atoms with Crippen molar-refractivity contribution in [3.8, 4) is 0 Å². The molecule has 0 unspecified atom stereocenters. The zero-order chi connectivity index (χ0) is 17.8. The maximum absolute atomic E-state index is 10.3. The summed E-state index contributed by atoms with van der Waals surface area (Å²) >= 11 is 0. The minimum Gasteiger partial charge on any atom is -0.389 e. The summed E-state index contributed by atoms with van der Waals surface area (Å²) in [7, 11) is 0. The van der Waals surface area contributed by atoms with Gasteiger partial charge < -0.3 is 9.84 Å². The summed E-state index contributed by atoms with van der Waals surface area (Å²) < 4.78 is 5.89. The summed E-state index contributed by atoms with van der Waals surface area (Å²) in [4.78, 5) is 4.89. The summed E-state index contributed by atoms with van der Waals surface area (Å²) in [6.07, 6.45) is 5.30. The van der Waals surface area contributed by atoms with Gasteiger partial charge in [0.1, 0.15) is 0 Å². The van der Waals surface area contributed by atoms with Gasteiger partial charge in [-0.15, -0.1) is 0 Å². The van der Waals surface area contributed by atoms with E-state index >= 15 is 0 Å². The monoisotopic (exact) mass is 358 g/mol. The van der Waals surface area contributed by atoms with Gasteiger partial charge in [-0.2, -0.15) is 0 Å². The average Bonchev–Trinajstić information content (AvgIpc) is 3.27. The molecule has 0 aromatic heterocycles. The van der Waals surface area contributed by atoms with Gasteiger partial charge in [0.05, 0.1) is 12.7 Å². The molecule has 0 radical (unpaired) electrons. The minimum absolute atomic E-state index is 0.353. The maximum atomic E-state index is 10.3. The fraction of sp³-hybridized carbons (Fsp3) is 0.727. The molecule has 1 aromatic carbocycles. The first-order chi connectivity index (χ1) is 12.8. The Hall–Kier alpha value is -0.940. The van der Waals surface area contributed by atoms with Crippen LogP contribution in [0.3, 0.4) is 0 Å². The third kappa shape index (κ3) is 4.86. The van der Waals surface area contributed by atoms with E-state index in [1.54, 1.807) is 0 Å². The lowest BCUT2D eigenvalue weighted by Crippen LogP contribution is -2.48. The van der Waals surface area contributed by atoms with Crippen LogP contribution in [0.25, 0.3) is 0 Å². The Morgan fingerprint density at radius 3 is 2.46 bits per heavy atom. The smallest absolute Gasteiger partial charge is 0.0900 e. The van der Waals surface area contributed by atoms with Crippen molar-refractivity contribution in [1.82, 2.24) is 9.80 Å². The van der Waals surface area contributed by atoms with Crippen LogP contribution in [0.1, 0.15) is 31.2 Å². The minimum atomic E-state index is -0.353. The van der Waals surface area contributed by atoms with Gasteiger partial charge in [-0.25, -0.2) is 0 Å². The second-order valence-corrected chi connectivity index (χ2v) is 8.69. The number of aliphatic hydroxyl groups excluding tert-OH is 1. The number of benzene rings is 1. The fourth-order valence-corrected chi connectivity index (χ4v) is 5.26. The summed E-state index contributed by atoms with van der Waals surface area (Å²) in [5, 5.41) is 10.3. The molecule has 1 saturated heterocycles. The highest BCUT2D eigenvalue weighted by Crippen LogP contribution is 2.48. The van der Waals surface area contributed by atoms with Gasteiger partial charge in [0.15, 0.2) is 0 Å². The molecule has 2 saturated carbocycles. The van der Waals surface area contributed by atoms with E-state index in [-0.39, 0.29) is 6.10 Å². The number of aliphatic hydroxyl groups is 1. The van der Waals surface area contributed by atoms with Gasteiger partial charge in [-0.3, -0.25) is 9.80 Å². The molecule has 1 heterocycles. The summed E-state index contributed by atoms with van der Waals surface area (Å²) in [6, 6.07) is 10.7. The molecule has 0 spiro atoms. The van der Waals surface area contributed by atoms with E-state index in [0.29, 0.717) is 6.61 Å². The van der Waals surface area contributed by atoms with Crippen LogP contribution in [-0.4, -0.2) is 66.9 Å². The molecule has 4 rings (SSSR count). The number of ether oxygens (including phenoxy) is 1. The Labute approximate surface area is 158 Å². The van der Waals surface area contributed by atoms with Gasteiger partial charge in [-0.05, 0) is 42.6 Å². The van der Waals surface area contributed by atoms with Gasteiger partial charge in [-0.1, -0.05) is 36.8 Å². The number of rotatable bonds is 8. The Kier molecular flexibility index (Phi) is 6.26. The number of hydrogen-bond donors (Lipinski definition) is 1. The first kappa shape index (κ1) is 18.4. The third-order valence-corrected chi connectivity index (χ3v) is 6.71. The quantitative estimate of drug-likeness (QED) is 0.775. The van der Waals surface area contributed by atoms with Gasteiger partial charge in [0.25, 0.3) is 0 Å². The van der Waals surface area contributed by atoms with Crippen LogP contribution in [-0.2, 0) is 11.3 Å². The van der Waals surface area contributed by atoms with Crippen molar-refractivity contribution in [2.75, 3.05) is 45.9 Å². The molecule has 2 aliphatic carbocycles. The lowest BCUT2D eigenvalue weighted by molar-refractivity contribution is -0.00897. The lowest BCUT2D eigenvalue weighted by atomic mass is 9.90. The Morgan fingerprint density at radius 1 is 1.00 bits per heavy atom. The number of piperazine rings is 1. The van der Waals surface area contributed by atoms with Crippen molar-refractivity contribution >= 4 is 0 Å². The Morgan fingerprint density at radius 2 is 1.77 bits per heavy atom. The van der Waals surface area contributed by atoms with Crippen LogP contribution < -0.4 is 0 Å². The van der Waals surface area contributed by atoms with Crippen LogP contribution in [0.2, 0.25) is 0 Å². The topological polar surface area (TPSA) is 35.9 Å². The molecule has 4 atom stereocenters. The van der Waals surface area contributed by atoms with E-state index in [1.165, 1.54) is 31.2 Å². The molecule has 144 valence electrons. The summed E-state index contributed by atoms with van der Waals surface area (Å²) in [6.45, 7) is 7.37. The van der Waals surface area contributed by atoms with Crippen molar-refractivity contribution in [3.05, 3.63) is 35.9 Å². The molecule has 4 heteroatoms. The SMILES string of the molecule is O[C@@H](COC[C@@H]1C[C@H]2CC[C@H]1C2)CN1CCN(Cc2ccccc2)CC1. The number of nitrogens with zero attached hydrogens (tertiary/aromatic N) is 2. The normalized spacial score (nSPS) is 30.7. The number of β-amino-alcohol motifs (C(OH)–C–C–N with tert-alkyl or cyclic N) is 1. The van der Waals surface area contributed by atoms with E-state index in [0.717, 1.165) is 63.6 Å². The predicted molar refractivity (Wildman–Crippen MR) is 104 cm³/mol. The molecule has 3 aliphatic rings. The van der Waals surface area contributed by atoms with Crippen LogP contribution in [0.4, 0.5) is 0 Å². The highest BCUT2D eigenvalue weighted by molar-refractivity contribution is 5.14. The van der Waals surface area contributed by atoms with E-state index < -0.39 is 0 Å². The second-order valence-electron chi connectivity index (χ2n) is 8.69. The van der Waals surface area contributed by atoms with E-state index in [2.05, 4.69) is 40.1 Å². The third-order valence-electron chi connectivity index (χ3n) is 6.71. The van der Waals surface area contributed by atoms with E-state index in [1.807, 2.05) is 0 Å². The molecule has 1 aliphatic heterocycles. The summed E-state index contributed by atoms with van der Waals surface area (Å²) in [5.74, 6) is 2.66. The average molecular weight is 359 g/mol. The number of hydrogen-bond acceptors (Lipinski definition) is 4. The fourth-order valence-electron chi connectivity index (χ4n) is 5.26. The van der Waals surface area contributed by atoms with Crippen LogP contribution in [0, 0.1) is 17.8 Å². The van der Waals surface area contributed by atoms with Crippen LogP contribution in [0.5, 0.6) is 0 Å². The Balaban J connectivity index is 1.10. The second kappa shape index (κ2) is 8.83. The van der Waals surface area contributed by atoms with Crippen molar-refractivity contribution in [2.24, 2.45) is 17.8 Å². The maximum Gasteiger partial charge on any atom is 0.0900 e. The molecular formula is C22H34N2O2. The molecule has 26 heavy (non-hydrogen) atoms. The van der Waals surface area contributed by atoms with Gasteiger partial charge in [0, 0.05) is 45.9 Å². The molecule has 0 amide bonds. The van der Waals surface area contributed by atoms with Crippen LogP contribution in [0.15, 0.2) is 30.3 Å². The first-order valence-electron chi connectivity index (χ1n) is 10.5. The molecular weight excluding hydrogens is 324 g/mol. The zero-order valence-electron chi connectivity index (χ0n) is 15.9. The molecule has 3 fully saturated rings. The van der Waals surface area contributed by atoms with Gasteiger partial charge >= 0.3 is 0 Å². The zero-order valence-corrected chi connectivity index (χ0v) is 15.9. The largest absolute Gasteiger partial charge is 0.389 e. The standard InChI is InChI=1S/C22H34N2O2/c25-22(17-26-16-21-13-19-6-7-20(21)12-19)15-24-10-8-23(9-11-24)14-18-4-2-1-3-5-18/h1-5,19-22,25H,6-17H2/t19-,20-,21-,22+/m0/s1. The molecule has 2 bridgehead atoms. The first-order valence-corrected chi connectivity index (χ1v) is 10.5. The summed E-state index contributed by atoms with van der Waals surface area (Å²) in [5.41, 5.74) is 1.38. The Bertz CT molecular complexity index is 544. The lowest BCUT2D eigenvalue weighted by Gasteiger charge is -2.35. The molecule has 4 nitrogen and oxygen atoms in total. The molecule has 1 N–H and O–H groups in total. The van der Waals surface area contributed by atoms with Crippen molar-refractivity contribution in [3.63, 3.8) is 0 Å². The highest BCUT2D eigenvalue weighted by Gasteiger charge is 2.39. The highest BCUT2D eigenvalue weighted by atomic mass is 16.5. The van der Waals surface area contributed by atoms with E-state index in [9.17, 15) is 5.11 Å². The van der Waals surface area contributed by atoms with E-state index in [4.69, 9.17) is 4.74 Å². The van der Waals surface area contributed by atoms with Crippen molar-refractivity contribution in [1.29, 1.82) is 0 Å². The predicted octanol–water partition coefficient (Wildman–Crippen LogP) is 2.62. The van der Waals surface area contributed by atoms with Crippen molar-refractivity contribution in [2.45, 2.75) is 38.3 Å². The number of fused-ring (bicyclic) bond motifs is 2. The van der Waals surface area contributed by atoms with Crippen LogP contribution >= 0.6 is 0 Å².